The highest BCUT2D eigenvalue weighted by Crippen LogP contribution is 2.26. The van der Waals surface area contributed by atoms with Crippen LogP contribution in [0.25, 0.3) is 0 Å². The van der Waals surface area contributed by atoms with E-state index >= 15 is 0 Å². The Labute approximate surface area is 132 Å². The van der Waals surface area contributed by atoms with Crippen LogP contribution in [0.1, 0.15) is 31.7 Å². The van der Waals surface area contributed by atoms with E-state index in [1.54, 1.807) is 22.5 Å². The summed E-state index contributed by atoms with van der Waals surface area (Å²) in [6, 6.07) is 5.06. The van der Waals surface area contributed by atoms with Crippen LogP contribution in [0.2, 0.25) is 5.02 Å². The fraction of sp³-hybridized carbons (Fsp3) is 0.600. The lowest BCUT2D eigenvalue weighted by atomic mass is 10.1. The van der Waals surface area contributed by atoms with Crippen LogP contribution in [0, 0.1) is 6.92 Å². The zero-order chi connectivity index (χ0) is 15.5. The van der Waals surface area contributed by atoms with Gasteiger partial charge in [-0.05, 0) is 57.0 Å². The highest BCUT2D eigenvalue weighted by molar-refractivity contribution is 7.89. The standard InChI is InChI=1S/C15H23ClN2O2S/c1-3-10-18(13-6-8-17-9-7-13)21(19,20)14-5-4-12(2)15(16)11-14/h4-5,11,13,17H,3,6-10H2,1-2H3. The predicted octanol–water partition coefficient (Wildman–Crippen LogP) is 2.80. The summed E-state index contributed by atoms with van der Waals surface area (Å²) in [5.41, 5.74) is 0.888. The van der Waals surface area contributed by atoms with E-state index in [9.17, 15) is 8.42 Å². The molecule has 0 aromatic heterocycles. The Morgan fingerprint density at radius 3 is 2.57 bits per heavy atom. The lowest BCUT2D eigenvalue weighted by Gasteiger charge is -2.33. The van der Waals surface area contributed by atoms with Gasteiger partial charge in [-0.25, -0.2) is 8.42 Å². The molecule has 0 saturated carbocycles. The average Bonchev–Trinajstić information content (AvgIpc) is 2.48. The zero-order valence-corrected chi connectivity index (χ0v) is 14.2. The number of hydrogen-bond donors (Lipinski definition) is 1. The summed E-state index contributed by atoms with van der Waals surface area (Å²) in [6.45, 7) is 6.17. The molecule has 1 N–H and O–H groups in total. The first-order valence-corrected chi connectivity index (χ1v) is 9.27. The van der Waals surface area contributed by atoms with Crippen LogP contribution in [0.3, 0.4) is 0 Å². The number of hydrogen-bond acceptors (Lipinski definition) is 3. The first-order valence-electron chi connectivity index (χ1n) is 7.45. The van der Waals surface area contributed by atoms with E-state index in [0.29, 0.717) is 16.5 Å². The van der Waals surface area contributed by atoms with Gasteiger partial charge >= 0.3 is 0 Å². The second kappa shape index (κ2) is 7.09. The Bertz CT molecular complexity index is 583. The maximum atomic E-state index is 12.9. The number of halogens is 1. The van der Waals surface area contributed by atoms with Crippen molar-refractivity contribution in [1.29, 1.82) is 0 Å². The first-order chi connectivity index (χ1) is 9.96. The van der Waals surface area contributed by atoms with E-state index in [1.165, 1.54) is 0 Å². The summed E-state index contributed by atoms with van der Waals surface area (Å²) in [7, 11) is -3.48. The first kappa shape index (κ1) is 16.7. The van der Waals surface area contributed by atoms with Crippen LogP contribution in [0.4, 0.5) is 0 Å². The molecule has 1 aromatic rings. The quantitative estimate of drug-likeness (QED) is 0.903. The van der Waals surface area contributed by atoms with Gasteiger partial charge in [0.05, 0.1) is 4.90 Å². The lowest BCUT2D eigenvalue weighted by Crippen LogP contribution is -2.46. The van der Waals surface area contributed by atoms with Crippen LogP contribution in [-0.2, 0) is 10.0 Å². The van der Waals surface area contributed by atoms with Crippen molar-refractivity contribution < 1.29 is 8.42 Å². The van der Waals surface area contributed by atoms with Gasteiger partial charge in [-0.2, -0.15) is 4.31 Å². The molecule has 2 rings (SSSR count). The third kappa shape index (κ3) is 3.77. The van der Waals surface area contributed by atoms with E-state index in [1.807, 2.05) is 13.8 Å². The molecule has 1 aromatic carbocycles. The molecule has 118 valence electrons. The van der Waals surface area contributed by atoms with Crippen molar-refractivity contribution in [3.8, 4) is 0 Å². The fourth-order valence-corrected chi connectivity index (χ4v) is 4.73. The monoisotopic (exact) mass is 330 g/mol. The number of piperidine rings is 1. The van der Waals surface area contributed by atoms with Crippen molar-refractivity contribution in [3.05, 3.63) is 28.8 Å². The van der Waals surface area contributed by atoms with Gasteiger partial charge in [0.25, 0.3) is 0 Å². The summed E-state index contributed by atoms with van der Waals surface area (Å²) >= 11 is 6.09. The van der Waals surface area contributed by atoms with Crippen LogP contribution in [-0.4, -0.2) is 38.4 Å². The molecule has 4 nitrogen and oxygen atoms in total. The smallest absolute Gasteiger partial charge is 0.243 e. The molecule has 1 aliphatic heterocycles. The third-order valence-electron chi connectivity index (χ3n) is 3.91. The summed E-state index contributed by atoms with van der Waals surface area (Å²) in [5.74, 6) is 0. The van der Waals surface area contributed by atoms with Crippen LogP contribution in [0.5, 0.6) is 0 Å². The molecule has 1 aliphatic rings. The molecule has 6 heteroatoms. The normalized spacial score (nSPS) is 17.3. The number of sulfonamides is 1. The minimum Gasteiger partial charge on any atom is -0.317 e. The molecular weight excluding hydrogens is 308 g/mol. The van der Waals surface area contributed by atoms with E-state index < -0.39 is 10.0 Å². The molecule has 1 heterocycles. The molecule has 0 atom stereocenters. The molecule has 0 spiro atoms. The second-order valence-corrected chi connectivity index (χ2v) is 7.81. The molecule has 0 bridgehead atoms. The Morgan fingerprint density at radius 1 is 1.33 bits per heavy atom. The number of rotatable bonds is 5. The Hall–Kier alpha value is -0.620. The largest absolute Gasteiger partial charge is 0.317 e. The van der Waals surface area contributed by atoms with Gasteiger partial charge in [0.15, 0.2) is 0 Å². The van der Waals surface area contributed by atoms with Crippen molar-refractivity contribution in [1.82, 2.24) is 9.62 Å². The van der Waals surface area contributed by atoms with Gasteiger partial charge in [-0.3, -0.25) is 0 Å². The van der Waals surface area contributed by atoms with Crippen LogP contribution < -0.4 is 5.32 Å². The highest BCUT2D eigenvalue weighted by Gasteiger charge is 2.31. The molecule has 0 amide bonds. The van der Waals surface area contributed by atoms with Gasteiger partial charge in [0, 0.05) is 17.6 Å². The molecule has 1 fully saturated rings. The third-order valence-corrected chi connectivity index (χ3v) is 6.26. The highest BCUT2D eigenvalue weighted by atomic mass is 35.5. The van der Waals surface area contributed by atoms with Gasteiger partial charge < -0.3 is 5.32 Å². The van der Waals surface area contributed by atoms with E-state index in [4.69, 9.17) is 11.6 Å². The maximum absolute atomic E-state index is 12.9. The molecular formula is C15H23ClN2O2S. The topological polar surface area (TPSA) is 49.4 Å². The van der Waals surface area contributed by atoms with Gasteiger partial charge in [0.1, 0.15) is 0 Å². The molecule has 21 heavy (non-hydrogen) atoms. The second-order valence-electron chi connectivity index (χ2n) is 5.51. The van der Waals surface area contributed by atoms with Gasteiger partial charge in [0.2, 0.25) is 10.0 Å². The predicted molar refractivity (Wildman–Crippen MR) is 86.3 cm³/mol. The fourth-order valence-electron chi connectivity index (χ4n) is 2.68. The number of benzene rings is 1. The molecule has 0 unspecified atom stereocenters. The number of nitrogens with zero attached hydrogens (tertiary/aromatic N) is 1. The van der Waals surface area contributed by atoms with Gasteiger partial charge in [-0.15, -0.1) is 0 Å². The van der Waals surface area contributed by atoms with Crippen LogP contribution >= 0.6 is 11.6 Å². The van der Waals surface area contributed by atoms with Gasteiger partial charge in [-0.1, -0.05) is 24.6 Å². The summed E-state index contributed by atoms with van der Waals surface area (Å²) in [5, 5.41) is 3.77. The summed E-state index contributed by atoms with van der Waals surface area (Å²) in [6.07, 6.45) is 2.53. The van der Waals surface area contributed by atoms with E-state index in [-0.39, 0.29) is 6.04 Å². The van der Waals surface area contributed by atoms with Crippen molar-refractivity contribution in [2.45, 2.75) is 44.0 Å². The Balaban J connectivity index is 2.34. The number of aryl methyl sites for hydroxylation is 1. The van der Waals surface area contributed by atoms with E-state index in [2.05, 4.69) is 5.32 Å². The SMILES string of the molecule is CCCN(C1CCNCC1)S(=O)(=O)c1ccc(C)c(Cl)c1. The minimum absolute atomic E-state index is 0.0799. The van der Waals surface area contributed by atoms with Crippen molar-refractivity contribution in [3.63, 3.8) is 0 Å². The Morgan fingerprint density at radius 2 is 2.00 bits per heavy atom. The molecule has 0 aliphatic carbocycles. The van der Waals surface area contributed by atoms with Crippen molar-refractivity contribution >= 4 is 21.6 Å². The summed E-state index contributed by atoms with van der Waals surface area (Å²) < 4.78 is 27.5. The molecule has 1 saturated heterocycles. The molecule has 0 radical (unpaired) electrons. The minimum atomic E-state index is -3.48. The average molecular weight is 331 g/mol. The Kier molecular flexibility index (Phi) is 5.66. The van der Waals surface area contributed by atoms with Crippen molar-refractivity contribution in [2.24, 2.45) is 0 Å². The zero-order valence-electron chi connectivity index (χ0n) is 12.6. The lowest BCUT2D eigenvalue weighted by molar-refractivity contribution is 0.262. The number of nitrogens with one attached hydrogen (secondary N) is 1. The van der Waals surface area contributed by atoms with E-state index in [0.717, 1.165) is 37.9 Å². The maximum Gasteiger partial charge on any atom is 0.243 e. The summed E-state index contributed by atoms with van der Waals surface area (Å²) in [4.78, 5) is 0.296. The van der Waals surface area contributed by atoms with Crippen molar-refractivity contribution in [2.75, 3.05) is 19.6 Å². The van der Waals surface area contributed by atoms with Crippen LogP contribution in [0.15, 0.2) is 23.1 Å².